The zero-order valence-electron chi connectivity index (χ0n) is 12.3. The summed E-state index contributed by atoms with van der Waals surface area (Å²) >= 11 is 0. The van der Waals surface area contributed by atoms with E-state index in [0.717, 1.165) is 18.6 Å². The summed E-state index contributed by atoms with van der Waals surface area (Å²) in [6.07, 6.45) is 1.89. The number of aromatic nitrogens is 1. The van der Waals surface area contributed by atoms with Crippen molar-refractivity contribution in [2.75, 3.05) is 6.54 Å². The number of nitrogens with zero attached hydrogens (tertiary/aromatic N) is 1. The van der Waals surface area contributed by atoms with Crippen LogP contribution in [-0.2, 0) is 6.54 Å². The van der Waals surface area contributed by atoms with E-state index in [2.05, 4.69) is 71.8 Å². The van der Waals surface area contributed by atoms with Gasteiger partial charge in [0.2, 0.25) is 0 Å². The van der Waals surface area contributed by atoms with E-state index in [-0.39, 0.29) is 0 Å². The molecule has 0 aliphatic carbocycles. The van der Waals surface area contributed by atoms with Crippen molar-refractivity contribution in [2.24, 2.45) is 0 Å². The number of para-hydroxylation sites is 1. The molecule has 2 heteroatoms. The van der Waals surface area contributed by atoms with Gasteiger partial charge in [0.15, 0.2) is 0 Å². The first-order chi connectivity index (χ1) is 10.3. The van der Waals surface area contributed by atoms with Crippen molar-refractivity contribution in [2.45, 2.75) is 19.4 Å². The molecule has 3 rings (SSSR count). The third-order valence-corrected chi connectivity index (χ3v) is 3.87. The molecule has 0 spiro atoms. The van der Waals surface area contributed by atoms with E-state index in [0.29, 0.717) is 5.92 Å². The molecule has 0 radical (unpaired) electrons. The summed E-state index contributed by atoms with van der Waals surface area (Å²) in [5, 5.41) is 4.80. The van der Waals surface area contributed by atoms with Crippen molar-refractivity contribution < 1.29 is 0 Å². The molecule has 1 aromatic heterocycles. The third kappa shape index (κ3) is 3.29. The van der Waals surface area contributed by atoms with Crippen LogP contribution in [0, 0.1) is 0 Å². The van der Waals surface area contributed by atoms with Gasteiger partial charge < -0.3 is 5.32 Å². The van der Waals surface area contributed by atoms with Crippen molar-refractivity contribution in [1.82, 2.24) is 10.3 Å². The highest BCUT2D eigenvalue weighted by atomic mass is 14.9. The maximum absolute atomic E-state index is 4.40. The highest BCUT2D eigenvalue weighted by molar-refractivity contribution is 5.81. The van der Waals surface area contributed by atoms with Gasteiger partial charge in [-0.3, -0.25) is 4.98 Å². The van der Waals surface area contributed by atoms with Crippen LogP contribution in [-0.4, -0.2) is 11.5 Å². The molecule has 0 aliphatic rings. The molecule has 0 bridgehead atoms. The second kappa shape index (κ2) is 6.51. The molecule has 2 nitrogen and oxygen atoms in total. The quantitative estimate of drug-likeness (QED) is 0.758. The molecule has 0 saturated heterocycles. The fourth-order valence-electron chi connectivity index (χ4n) is 2.63. The van der Waals surface area contributed by atoms with Gasteiger partial charge >= 0.3 is 0 Å². The van der Waals surface area contributed by atoms with Gasteiger partial charge in [0.05, 0.1) is 5.52 Å². The Hall–Kier alpha value is -2.19. The average Bonchev–Trinajstić information content (AvgIpc) is 2.56. The average molecular weight is 276 g/mol. The molecule has 1 unspecified atom stereocenters. The SMILES string of the molecule is CC(CNCc1ccnc2ccccc12)c1ccccc1. The summed E-state index contributed by atoms with van der Waals surface area (Å²) < 4.78 is 0. The predicted octanol–water partition coefficient (Wildman–Crippen LogP) is 4.13. The lowest BCUT2D eigenvalue weighted by Gasteiger charge is -2.13. The zero-order chi connectivity index (χ0) is 14.5. The lowest BCUT2D eigenvalue weighted by Crippen LogP contribution is -2.19. The van der Waals surface area contributed by atoms with Crippen LogP contribution in [0.15, 0.2) is 66.9 Å². The Bertz CT molecular complexity index is 702. The summed E-state index contributed by atoms with van der Waals surface area (Å²) in [6.45, 7) is 4.11. The van der Waals surface area contributed by atoms with Gasteiger partial charge in [-0.05, 0) is 29.2 Å². The van der Waals surface area contributed by atoms with E-state index < -0.39 is 0 Å². The largest absolute Gasteiger partial charge is 0.312 e. The third-order valence-electron chi connectivity index (χ3n) is 3.87. The van der Waals surface area contributed by atoms with E-state index in [4.69, 9.17) is 0 Å². The Morgan fingerprint density at radius 2 is 1.71 bits per heavy atom. The van der Waals surface area contributed by atoms with Crippen LogP contribution < -0.4 is 5.32 Å². The van der Waals surface area contributed by atoms with Gasteiger partial charge in [0, 0.05) is 24.7 Å². The van der Waals surface area contributed by atoms with Crippen LogP contribution in [0.3, 0.4) is 0 Å². The maximum Gasteiger partial charge on any atom is 0.0705 e. The summed E-state index contributed by atoms with van der Waals surface area (Å²) in [5.41, 5.74) is 3.75. The van der Waals surface area contributed by atoms with Gasteiger partial charge in [-0.25, -0.2) is 0 Å². The Morgan fingerprint density at radius 1 is 0.952 bits per heavy atom. The lowest BCUT2D eigenvalue weighted by molar-refractivity contribution is 0.616. The number of benzene rings is 2. The molecule has 0 fully saturated rings. The first-order valence-electron chi connectivity index (χ1n) is 7.43. The van der Waals surface area contributed by atoms with Crippen molar-refractivity contribution in [1.29, 1.82) is 0 Å². The summed E-state index contributed by atoms with van der Waals surface area (Å²) in [6, 6.07) is 21.0. The molecule has 0 amide bonds. The number of pyridine rings is 1. The van der Waals surface area contributed by atoms with Crippen molar-refractivity contribution >= 4 is 10.9 Å². The van der Waals surface area contributed by atoms with Crippen LogP contribution in [0.25, 0.3) is 10.9 Å². The van der Waals surface area contributed by atoms with E-state index in [1.807, 2.05) is 12.3 Å². The molecule has 106 valence electrons. The molecule has 2 aromatic carbocycles. The smallest absolute Gasteiger partial charge is 0.0705 e. The summed E-state index contributed by atoms with van der Waals surface area (Å²) in [5.74, 6) is 0.513. The van der Waals surface area contributed by atoms with Crippen LogP contribution in [0.1, 0.15) is 24.0 Å². The van der Waals surface area contributed by atoms with Crippen molar-refractivity contribution in [3.63, 3.8) is 0 Å². The molecule has 1 N–H and O–H groups in total. The van der Waals surface area contributed by atoms with E-state index in [1.54, 1.807) is 0 Å². The van der Waals surface area contributed by atoms with Crippen molar-refractivity contribution in [3.8, 4) is 0 Å². The highest BCUT2D eigenvalue weighted by Crippen LogP contribution is 2.17. The molecule has 0 aliphatic heterocycles. The molecule has 1 heterocycles. The van der Waals surface area contributed by atoms with Crippen LogP contribution in [0.5, 0.6) is 0 Å². The monoisotopic (exact) mass is 276 g/mol. The topological polar surface area (TPSA) is 24.9 Å². The minimum Gasteiger partial charge on any atom is -0.312 e. The number of hydrogen-bond acceptors (Lipinski definition) is 2. The first kappa shape index (κ1) is 13.8. The zero-order valence-corrected chi connectivity index (χ0v) is 12.3. The van der Waals surface area contributed by atoms with E-state index in [9.17, 15) is 0 Å². The summed E-state index contributed by atoms with van der Waals surface area (Å²) in [7, 11) is 0. The Labute approximate surface area is 125 Å². The highest BCUT2D eigenvalue weighted by Gasteiger charge is 2.05. The first-order valence-corrected chi connectivity index (χ1v) is 7.43. The van der Waals surface area contributed by atoms with Gasteiger partial charge in [-0.2, -0.15) is 0 Å². The molecule has 3 aromatic rings. The van der Waals surface area contributed by atoms with Gasteiger partial charge in [-0.15, -0.1) is 0 Å². The minimum atomic E-state index is 0.513. The van der Waals surface area contributed by atoms with E-state index in [1.165, 1.54) is 16.5 Å². The maximum atomic E-state index is 4.40. The molecule has 1 atom stereocenters. The Balaban J connectivity index is 1.65. The molecule has 0 saturated carbocycles. The van der Waals surface area contributed by atoms with Crippen LogP contribution in [0.4, 0.5) is 0 Å². The van der Waals surface area contributed by atoms with Gasteiger partial charge in [-0.1, -0.05) is 55.5 Å². The minimum absolute atomic E-state index is 0.513. The second-order valence-corrected chi connectivity index (χ2v) is 5.43. The molecular weight excluding hydrogens is 256 g/mol. The van der Waals surface area contributed by atoms with Crippen LogP contribution >= 0.6 is 0 Å². The predicted molar refractivity (Wildman–Crippen MR) is 88.3 cm³/mol. The molecule has 21 heavy (non-hydrogen) atoms. The van der Waals surface area contributed by atoms with E-state index >= 15 is 0 Å². The number of fused-ring (bicyclic) bond motifs is 1. The normalized spacial score (nSPS) is 12.4. The fraction of sp³-hybridized carbons (Fsp3) is 0.211. The van der Waals surface area contributed by atoms with Gasteiger partial charge in [0.25, 0.3) is 0 Å². The fourth-order valence-corrected chi connectivity index (χ4v) is 2.63. The standard InChI is InChI=1S/C19H20N2/c1-15(16-7-3-2-4-8-16)13-20-14-17-11-12-21-19-10-6-5-9-18(17)19/h2-12,15,20H,13-14H2,1H3. The lowest BCUT2D eigenvalue weighted by atomic mass is 10.0. The number of nitrogens with one attached hydrogen (secondary N) is 1. The van der Waals surface area contributed by atoms with Crippen molar-refractivity contribution in [3.05, 3.63) is 78.0 Å². The number of rotatable bonds is 5. The number of hydrogen-bond donors (Lipinski definition) is 1. The second-order valence-electron chi connectivity index (χ2n) is 5.43. The molecular formula is C19H20N2. The van der Waals surface area contributed by atoms with Gasteiger partial charge in [0.1, 0.15) is 0 Å². The Morgan fingerprint density at radius 3 is 2.57 bits per heavy atom. The summed E-state index contributed by atoms with van der Waals surface area (Å²) in [4.78, 5) is 4.40. The Kier molecular flexibility index (Phi) is 4.27. The van der Waals surface area contributed by atoms with Crippen LogP contribution in [0.2, 0.25) is 0 Å².